The zero-order chi connectivity index (χ0) is 39.1. The molecular formula is C37H33F6N3O6S2. The van der Waals surface area contributed by atoms with Gasteiger partial charge in [-0.25, -0.2) is 18.2 Å². The Labute approximate surface area is 310 Å². The number of carbonyl (C=O) groups is 1. The number of sulfonamides is 1. The number of benzene rings is 4. The maximum atomic E-state index is 13.1. The molecule has 3 atom stereocenters. The van der Waals surface area contributed by atoms with Crippen LogP contribution in [0.1, 0.15) is 24.0 Å². The molecule has 6 rings (SSSR count). The second kappa shape index (κ2) is 17.0. The number of para-hydroxylation sites is 1. The number of aliphatic hydroxyl groups is 1. The minimum absolute atomic E-state index is 0.0575. The first-order chi connectivity index (χ1) is 25.5. The monoisotopic (exact) mass is 793 g/mol. The van der Waals surface area contributed by atoms with Gasteiger partial charge in [0.25, 0.3) is 10.0 Å². The zero-order valence-electron chi connectivity index (χ0n) is 28.0. The number of hydrogen-bond donors (Lipinski definition) is 4. The third-order valence-corrected chi connectivity index (χ3v) is 10.5. The summed E-state index contributed by atoms with van der Waals surface area (Å²) in [4.78, 5) is 13.5. The van der Waals surface area contributed by atoms with E-state index in [4.69, 9.17) is 14.6 Å². The van der Waals surface area contributed by atoms with E-state index in [0.717, 1.165) is 42.7 Å². The van der Waals surface area contributed by atoms with Gasteiger partial charge in [-0.15, -0.1) is 11.3 Å². The van der Waals surface area contributed by atoms with E-state index in [1.807, 2.05) is 42.5 Å². The van der Waals surface area contributed by atoms with E-state index in [1.165, 1.54) is 35.6 Å². The van der Waals surface area contributed by atoms with Gasteiger partial charge in [0.1, 0.15) is 23.5 Å². The number of aromatic nitrogens is 1. The number of anilines is 1. The largest absolute Gasteiger partial charge is 0.491 e. The number of carboxylic acids is 1. The highest BCUT2D eigenvalue weighted by Crippen LogP contribution is 2.33. The Morgan fingerprint density at radius 1 is 0.889 bits per heavy atom. The third kappa shape index (κ3) is 11.0. The van der Waals surface area contributed by atoms with Crippen LogP contribution >= 0.6 is 11.3 Å². The van der Waals surface area contributed by atoms with Gasteiger partial charge in [-0.3, -0.25) is 4.72 Å². The fourth-order valence-corrected chi connectivity index (χ4v) is 7.38. The molecule has 0 bridgehead atoms. The summed E-state index contributed by atoms with van der Waals surface area (Å²) in [6, 6.07) is 27.9. The van der Waals surface area contributed by atoms with E-state index in [-0.39, 0.29) is 23.6 Å². The Balaban J connectivity index is 0.000000730. The summed E-state index contributed by atoms with van der Waals surface area (Å²) >= 11 is 1.32. The normalized spacial score (nSPS) is 16.6. The van der Waals surface area contributed by atoms with Crippen molar-refractivity contribution in [1.29, 1.82) is 0 Å². The van der Waals surface area contributed by atoms with Gasteiger partial charge in [-0.2, -0.15) is 26.3 Å². The van der Waals surface area contributed by atoms with Gasteiger partial charge in [0.2, 0.25) is 0 Å². The molecule has 4 aromatic carbocycles. The lowest BCUT2D eigenvalue weighted by Crippen LogP contribution is -2.42. The van der Waals surface area contributed by atoms with Gasteiger partial charge in [0, 0.05) is 34.3 Å². The average molecular weight is 794 g/mol. The lowest BCUT2D eigenvalue weighted by atomic mass is 10.0. The molecule has 0 spiro atoms. The maximum Gasteiger partial charge on any atom is 0.490 e. The molecule has 0 unspecified atom stereocenters. The van der Waals surface area contributed by atoms with Gasteiger partial charge in [-0.1, -0.05) is 54.6 Å². The quantitative estimate of drug-likeness (QED) is 0.0988. The summed E-state index contributed by atoms with van der Waals surface area (Å²) in [6.07, 6.45) is -7.62. The second-order valence-electron chi connectivity index (χ2n) is 12.2. The van der Waals surface area contributed by atoms with E-state index >= 15 is 0 Å². The SMILES string of the molecule is O=C(O)C(F)(F)F.O=S(=O)(Nc1ccc(C[C@@H]2CC[C@H]([C@H](O)COc3ccccc3)N2)cc1)c1ccc(-c2nc(-c3ccc(C(F)(F)F)cc3)cs2)cc1. The molecule has 54 heavy (non-hydrogen) atoms. The molecule has 286 valence electrons. The van der Waals surface area contributed by atoms with Crippen molar-refractivity contribution < 1.29 is 54.5 Å². The number of carboxylic acid groups (broad SMARTS) is 1. The summed E-state index contributed by atoms with van der Waals surface area (Å²) in [5.74, 6) is -2.03. The molecule has 4 N–H and O–H groups in total. The molecule has 1 saturated heterocycles. The van der Waals surface area contributed by atoms with Crippen LogP contribution in [-0.4, -0.2) is 60.6 Å². The lowest BCUT2D eigenvalue weighted by Gasteiger charge is -2.20. The molecular weight excluding hydrogens is 761 g/mol. The highest BCUT2D eigenvalue weighted by molar-refractivity contribution is 7.92. The number of aliphatic carboxylic acids is 1. The van der Waals surface area contributed by atoms with Gasteiger partial charge in [0.15, 0.2) is 0 Å². The molecule has 0 saturated carbocycles. The minimum Gasteiger partial charge on any atom is -0.491 e. The first-order valence-corrected chi connectivity index (χ1v) is 18.6. The first kappa shape index (κ1) is 40.2. The molecule has 9 nitrogen and oxygen atoms in total. The Morgan fingerprint density at radius 2 is 1.50 bits per heavy atom. The van der Waals surface area contributed by atoms with Crippen LogP contribution in [0.2, 0.25) is 0 Å². The van der Waals surface area contributed by atoms with Crippen molar-refractivity contribution in [2.45, 2.75) is 54.7 Å². The molecule has 1 aliphatic rings. The van der Waals surface area contributed by atoms with Gasteiger partial charge in [-0.05, 0) is 73.4 Å². The van der Waals surface area contributed by atoms with Crippen molar-refractivity contribution in [3.63, 3.8) is 0 Å². The molecule has 0 aliphatic carbocycles. The highest BCUT2D eigenvalue weighted by atomic mass is 32.2. The van der Waals surface area contributed by atoms with Crippen molar-refractivity contribution in [3.05, 3.63) is 120 Å². The van der Waals surface area contributed by atoms with Crippen molar-refractivity contribution in [2.24, 2.45) is 0 Å². The standard InChI is InChI=1S/C35H32F3N3O4S2.C2HF3O2/c36-35(37,38)26-12-8-24(9-13-26)32-22-46-34(40-32)25-10-17-30(18-11-25)47(43,44)41-27-14-6-23(7-15-27)20-28-16-19-31(39-28)33(42)21-45-29-4-2-1-3-5-29;3-2(4,5)1(6)7/h1-15,17-18,22,28,31,33,39,41-42H,16,19-21H2;(H,6,7)/t28-,31+,33+;/m0./s1. The van der Waals surface area contributed by atoms with Crippen molar-refractivity contribution in [1.82, 2.24) is 10.3 Å². The summed E-state index contributed by atoms with van der Waals surface area (Å²) in [6.45, 7) is 0.212. The predicted molar refractivity (Wildman–Crippen MR) is 191 cm³/mol. The van der Waals surface area contributed by atoms with Crippen LogP contribution in [0.4, 0.5) is 32.0 Å². The summed E-state index contributed by atoms with van der Waals surface area (Å²) < 4.78 is 105. The van der Waals surface area contributed by atoms with E-state index in [1.54, 1.807) is 29.6 Å². The number of aliphatic hydroxyl groups excluding tert-OH is 1. The molecule has 0 amide bonds. The molecule has 0 radical (unpaired) electrons. The molecule has 1 fully saturated rings. The van der Waals surface area contributed by atoms with Gasteiger partial charge >= 0.3 is 18.3 Å². The van der Waals surface area contributed by atoms with E-state index in [9.17, 15) is 39.9 Å². The Bertz CT molecular complexity index is 2090. The Morgan fingerprint density at radius 3 is 2.09 bits per heavy atom. The molecule has 1 aromatic heterocycles. The van der Waals surface area contributed by atoms with Crippen LogP contribution in [-0.2, 0) is 27.4 Å². The highest BCUT2D eigenvalue weighted by Gasteiger charge is 2.38. The third-order valence-electron chi connectivity index (χ3n) is 8.26. The minimum atomic E-state index is -5.08. The van der Waals surface area contributed by atoms with Crippen molar-refractivity contribution in [3.8, 4) is 27.6 Å². The molecule has 17 heteroatoms. The summed E-state index contributed by atoms with van der Waals surface area (Å²) in [7, 11) is -3.85. The number of rotatable bonds is 11. The number of ether oxygens (including phenoxy) is 1. The second-order valence-corrected chi connectivity index (χ2v) is 14.7. The summed E-state index contributed by atoms with van der Waals surface area (Å²) in [5, 5.41) is 23.6. The van der Waals surface area contributed by atoms with Crippen molar-refractivity contribution >= 4 is 33.0 Å². The number of nitrogens with zero attached hydrogens (tertiary/aromatic N) is 1. The first-order valence-electron chi connectivity index (χ1n) is 16.3. The number of thiazole rings is 1. The van der Waals surface area contributed by atoms with Crippen LogP contribution in [0.3, 0.4) is 0 Å². The van der Waals surface area contributed by atoms with Crippen LogP contribution in [0.25, 0.3) is 21.8 Å². The number of nitrogens with one attached hydrogen (secondary N) is 2. The van der Waals surface area contributed by atoms with Gasteiger partial charge < -0.3 is 20.3 Å². The van der Waals surface area contributed by atoms with E-state index in [2.05, 4.69) is 15.0 Å². The zero-order valence-corrected chi connectivity index (χ0v) is 29.6. The predicted octanol–water partition coefficient (Wildman–Crippen LogP) is 8.03. The van der Waals surface area contributed by atoms with E-state index in [0.29, 0.717) is 27.5 Å². The van der Waals surface area contributed by atoms with Gasteiger partial charge in [0.05, 0.1) is 16.2 Å². The Kier molecular flexibility index (Phi) is 12.7. The fraction of sp³-hybridized carbons (Fsp3) is 0.243. The smallest absolute Gasteiger partial charge is 0.490 e. The van der Waals surface area contributed by atoms with Crippen LogP contribution in [0, 0.1) is 0 Å². The molecule has 1 aliphatic heterocycles. The van der Waals surface area contributed by atoms with Crippen molar-refractivity contribution in [2.75, 3.05) is 11.3 Å². The summed E-state index contributed by atoms with van der Waals surface area (Å²) in [5.41, 5.74) is 2.54. The number of halogens is 6. The lowest BCUT2D eigenvalue weighted by molar-refractivity contribution is -0.192. The van der Waals surface area contributed by atoms with Crippen LogP contribution in [0.5, 0.6) is 5.75 Å². The van der Waals surface area contributed by atoms with Crippen LogP contribution in [0.15, 0.2) is 113 Å². The van der Waals surface area contributed by atoms with E-state index < -0.39 is 40.0 Å². The number of hydrogen-bond acceptors (Lipinski definition) is 8. The topological polar surface area (TPSA) is 138 Å². The molecule has 5 aromatic rings. The Hall–Kier alpha value is -4.97. The fourth-order valence-electron chi connectivity index (χ4n) is 5.48. The maximum absolute atomic E-state index is 13.1. The molecule has 2 heterocycles. The number of alkyl halides is 6. The van der Waals surface area contributed by atoms with Crippen LogP contribution < -0.4 is 14.8 Å². The average Bonchev–Trinajstić information content (AvgIpc) is 3.82.